The van der Waals surface area contributed by atoms with Gasteiger partial charge in [-0.05, 0) is 29.9 Å². The number of esters is 2. The lowest BCUT2D eigenvalue weighted by Gasteiger charge is -2.45. The number of nitrogens with one attached hydrogen (secondary N) is 2. The van der Waals surface area contributed by atoms with Gasteiger partial charge in [0.2, 0.25) is 11.8 Å². The second-order valence-electron chi connectivity index (χ2n) is 8.99. The average Bonchev–Trinajstić information content (AvgIpc) is 2.88. The van der Waals surface area contributed by atoms with E-state index in [-0.39, 0.29) is 43.3 Å². The summed E-state index contributed by atoms with van der Waals surface area (Å²) in [5.74, 6) is -1.08. The molecule has 4 unspecified atom stereocenters. The van der Waals surface area contributed by atoms with Gasteiger partial charge < -0.3 is 25.2 Å². The lowest BCUT2D eigenvalue weighted by Crippen LogP contribution is -2.52. The third-order valence-electron chi connectivity index (χ3n) is 6.22. The number of Topliss-reactive ketones (excluding diaryl/α,β-unsaturated/α-hetero) is 1. The van der Waals surface area contributed by atoms with Gasteiger partial charge in [-0.3, -0.25) is 14.4 Å². The summed E-state index contributed by atoms with van der Waals surface area (Å²) in [6, 6.07) is 7.46. The summed E-state index contributed by atoms with van der Waals surface area (Å²) in [5.41, 5.74) is -0.714. The van der Waals surface area contributed by atoms with Crippen LogP contribution in [0.5, 0.6) is 0 Å². The number of amides is 2. The Kier molecular flexibility index (Phi) is 12.6. The van der Waals surface area contributed by atoms with Crippen molar-refractivity contribution in [2.45, 2.75) is 67.7 Å². The van der Waals surface area contributed by atoms with Gasteiger partial charge in [0.15, 0.2) is 0 Å². The summed E-state index contributed by atoms with van der Waals surface area (Å²) in [7, 11) is 2.49. The Morgan fingerprint density at radius 1 is 0.895 bits per heavy atom. The summed E-state index contributed by atoms with van der Waals surface area (Å²) in [6.07, 6.45) is 0.823. The summed E-state index contributed by atoms with van der Waals surface area (Å²) in [5, 5.41) is 16.3. The fourth-order valence-corrected chi connectivity index (χ4v) is 7.51. The Morgan fingerprint density at radius 3 is 1.68 bits per heavy atom. The van der Waals surface area contributed by atoms with Crippen molar-refractivity contribution >= 4 is 53.1 Å². The highest BCUT2D eigenvalue weighted by molar-refractivity contribution is 8.01. The van der Waals surface area contributed by atoms with Crippen molar-refractivity contribution in [3.63, 3.8) is 0 Å². The Morgan fingerprint density at radius 2 is 1.32 bits per heavy atom. The predicted octanol–water partition coefficient (Wildman–Crippen LogP) is 1.58. The number of ketones is 1. The number of ether oxygens (including phenoxy) is 2. The molecule has 0 aromatic heterocycles. The molecule has 210 valence electrons. The highest BCUT2D eigenvalue weighted by atomic mass is 32.2. The topological polar surface area (TPSA) is 148 Å². The quantitative estimate of drug-likeness (QED) is 0.300. The molecule has 38 heavy (non-hydrogen) atoms. The van der Waals surface area contributed by atoms with E-state index in [0.29, 0.717) is 17.1 Å². The molecule has 10 nitrogen and oxygen atoms in total. The van der Waals surface area contributed by atoms with Gasteiger partial charge in [-0.2, -0.15) is 23.5 Å². The van der Waals surface area contributed by atoms with Crippen LogP contribution >= 0.6 is 23.5 Å². The molecule has 0 radical (unpaired) electrons. The standard InChI is InChI=1S/C26H36N2O8S2/c1-16(29)27-20(24(32)35-3)10-12-37-22-14-19(31)15-23(26(22,34)18-8-6-5-7-9-18)38-13-11-21(25(33)36-4)28-17(2)30/h5-9,20-23,34H,10-15H2,1-4H3,(H,27,29)(H,28,30). The third-order valence-corrected chi connectivity index (χ3v) is 9.02. The number of benzene rings is 1. The van der Waals surface area contributed by atoms with Crippen LogP contribution in [0, 0.1) is 0 Å². The van der Waals surface area contributed by atoms with Gasteiger partial charge >= 0.3 is 11.9 Å². The van der Waals surface area contributed by atoms with Crippen molar-refractivity contribution in [3.05, 3.63) is 35.9 Å². The van der Waals surface area contributed by atoms with E-state index >= 15 is 0 Å². The van der Waals surface area contributed by atoms with Crippen LogP contribution < -0.4 is 10.6 Å². The van der Waals surface area contributed by atoms with Crippen molar-refractivity contribution in [2.75, 3.05) is 25.7 Å². The molecule has 0 saturated heterocycles. The van der Waals surface area contributed by atoms with Crippen molar-refractivity contribution in [1.82, 2.24) is 10.6 Å². The second kappa shape index (κ2) is 15.1. The van der Waals surface area contributed by atoms with Crippen LogP contribution in [-0.4, -0.2) is 83.0 Å². The Bertz CT molecular complexity index is 937. The Balaban J connectivity index is 2.22. The van der Waals surface area contributed by atoms with E-state index < -0.39 is 40.1 Å². The van der Waals surface area contributed by atoms with Crippen LogP contribution in [0.1, 0.15) is 45.1 Å². The molecule has 1 aliphatic rings. The first-order valence-electron chi connectivity index (χ1n) is 12.3. The van der Waals surface area contributed by atoms with E-state index in [0.717, 1.165) is 0 Å². The molecule has 0 aliphatic heterocycles. The molecule has 1 aromatic carbocycles. The van der Waals surface area contributed by atoms with Crippen molar-refractivity contribution < 1.29 is 38.6 Å². The first-order valence-corrected chi connectivity index (χ1v) is 14.3. The average molecular weight is 569 g/mol. The minimum atomic E-state index is -1.38. The van der Waals surface area contributed by atoms with E-state index in [2.05, 4.69) is 10.6 Å². The molecule has 1 saturated carbocycles. The maximum atomic E-state index is 12.8. The molecule has 2 rings (SSSR count). The second-order valence-corrected chi connectivity index (χ2v) is 11.6. The molecule has 2 amide bonds. The number of hydrogen-bond donors (Lipinski definition) is 3. The van der Waals surface area contributed by atoms with Gasteiger partial charge in [0.05, 0.1) is 14.2 Å². The minimum absolute atomic E-state index is 0.00151. The zero-order valence-corrected chi connectivity index (χ0v) is 23.7. The molecule has 1 fully saturated rings. The van der Waals surface area contributed by atoms with Gasteiger partial charge in [0.1, 0.15) is 23.5 Å². The summed E-state index contributed by atoms with van der Waals surface area (Å²) < 4.78 is 9.57. The molecular formula is C26H36N2O8S2. The largest absolute Gasteiger partial charge is 0.467 e. The van der Waals surface area contributed by atoms with Crippen molar-refractivity contribution in [1.29, 1.82) is 0 Å². The van der Waals surface area contributed by atoms with Gasteiger partial charge in [0.25, 0.3) is 0 Å². The fourth-order valence-electron chi connectivity index (χ4n) is 4.39. The number of methoxy groups -OCH3 is 2. The van der Waals surface area contributed by atoms with Crippen LogP contribution in [0.4, 0.5) is 0 Å². The van der Waals surface area contributed by atoms with Crippen molar-refractivity contribution in [3.8, 4) is 0 Å². The molecular weight excluding hydrogens is 532 g/mol. The van der Waals surface area contributed by atoms with E-state index in [4.69, 9.17) is 9.47 Å². The van der Waals surface area contributed by atoms with Crippen LogP contribution in [0.3, 0.4) is 0 Å². The molecule has 4 atom stereocenters. The summed E-state index contributed by atoms with van der Waals surface area (Å²) in [4.78, 5) is 60.0. The van der Waals surface area contributed by atoms with E-state index in [1.54, 1.807) is 0 Å². The Labute approximate surface area is 231 Å². The fraction of sp³-hybridized carbons (Fsp3) is 0.577. The maximum absolute atomic E-state index is 12.8. The Hall–Kier alpha value is -2.57. The third kappa shape index (κ3) is 8.74. The SMILES string of the molecule is COC(=O)C(CCSC1CC(=O)CC(SCCC(NC(C)=O)C(=O)OC)C1(O)c1ccccc1)NC(C)=O. The summed E-state index contributed by atoms with van der Waals surface area (Å²) >= 11 is 2.74. The van der Waals surface area contributed by atoms with Crippen LogP contribution in [-0.2, 0) is 39.0 Å². The van der Waals surface area contributed by atoms with Crippen LogP contribution in [0.15, 0.2) is 30.3 Å². The number of aliphatic hydroxyl groups is 1. The first-order chi connectivity index (χ1) is 18.0. The first kappa shape index (κ1) is 31.6. The molecule has 0 spiro atoms. The molecule has 0 bridgehead atoms. The van der Waals surface area contributed by atoms with E-state index in [1.165, 1.54) is 51.6 Å². The molecule has 1 aromatic rings. The van der Waals surface area contributed by atoms with Gasteiger partial charge in [-0.25, -0.2) is 9.59 Å². The molecule has 1 aliphatic carbocycles. The highest BCUT2D eigenvalue weighted by Crippen LogP contribution is 2.47. The monoisotopic (exact) mass is 568 g/mol. The smallest absolute Gasteiger partial charge is 0.328 e. The number of carbonyl (C=O) groups is 5. The van der Waals surface area contributed by atoms with Crippen LogP contribution in [0.25, 0.3) is 0 Å². The lowest BCUT2D eigenvalue weighted by atomic mass is 9.78. The number of thioether (sulfide) groups is 2. The zero-order valence-electron chi connectivity index (χ0n) is 22.1. The number of carbonyl (C=O) groups excluding carboxylic acids is 5. The lowest BCUT2D eigenvalue weighted by molar-refractivity contribution is -0.145. The van der Waals surface area contributed by atoms with E-state index in [1.807, 2.05) is 30.3 Å². The molecule has 3 N–H and O–H groups in total. The van der Waals surface area contributed by atoms with Crippen LogP contribution in [0.2, 0.25) is 0 Å². The van der Waals surface area contributed by atoms with Gasteiger partial charge in [-0.1, -0.05) is 30.3 Å². The minimum Gasteiger partial charge on any atom is -0.467 e. The summed E-state index contributed by atoms with van der Waals surface area (Å²) in [6.45, 7) is 2.63. The van der Waals surface area contributed by atoms with E-state index in [9.17, 15) is 29.1 Å². The normalized spacial score (nSPS) is 22.6. The number of rotatable bonds is 13. The number of hydrogen-bond acceptors (Lipinski definition) is 10. The van der Waals surface area contributed by atoms with Crippen molar-refractivity contribution in [2.24, 2.45) is 0 Å². The molecule has 0 heterocycles. The van der Waals surface area contributed by atoms with Gasteiger partial charge in [0, 0.05) is 37.2 Å². The van der Waals surface area contributed by atoms with Gasteiger partial charge in [-0.15, -0.1) is 0 Å². The maximum Gasteiger partial charge on any atom is 0.328 e. The molecule has 12 heteroatoms. The highest BCUT2D eigenvalue weighted by Gasteiger charge is 2.50. The zero-order chi connectivity index (χ0) is 28.3. The predicted molar refractivity (Wildman–Crippen MR) is 146 cm³/mol.